The van der Waals surface area contributed by atoms with Gasteiger partial charge in [-0.1, -0.05) is 13.8 Å². The van der Waals surface area contributed by atoms with Crippen LogP contribution in [-0.2, 0) is 4.79 Å². The fraction of sp³-hybridized carbons (Fsp3) is 0.864. The predicted octanol–water partition coefficient (Wildman–Crippen LogP) is 4.56. The van der Waals surface area contributed by atoms with Gasteiger partial charge in [-0.25, -0.2) is 0 Å². The van der Waals surface area contributed by atoms with Gasteiger partial charge in [0, 0.05) is 23.7 Å². The van der Waals surface area contributed by atoms with E-state index in [-0.39, 0.29) is 0 Å². The SMILES string of the molecule is C/C(N[C@H](C)[C@H]1[C@H]2CC[C@@H]3C[C@@H](C2)C[C@H]31)=C1/C(=O)C[C@@H]2[C@H]1C2(C)C. The van der Waals surface area contributed by atoms with E-state index < -0.39 is 0 Å². The molecule has 5 aliphatic rings. The van der Waals surface area contributed by atoms with Crippen molar-refractivity contribution in [3.8, 4) is 0 Å². The second kappa shape index (κ2) is 4.89. The first kappa shape index (κ1) is 15.5. The van der Waals surface area contributed by atoms with Gasteiger partial charge in [0.05, 0.1) is 0 Å². The molecule has 0 unspecified atom stereocenters. The molecule has 5 aliphatic carbocycles. The fourth-order valence-corrected chi connectivity index (χ4v) is 7.86. The van der Waals surface area contributed by atoms with E-state index in [1.807, 2.05) is 0 Å². The molecule has 2 heteroatoms. The molecule has 8 atom stereocenters. The number of rotatable bonds is 3. The number of hydrogen-bond acceptors (Lipinski definition) is 2. The normalized spacial score (nSPS) is 50.7. The van der Waals surface area contributed by atoms with Crippen molar-refractivity contribution in [2.45, 2.75) is 72.3 Å². The molecule has 0 aromatic carbocycles. The molecule has 5 saturated carbocycles. The molecule has 0 radical (unpaired) electrons. The summed E-state index contributed by atoms with van der Waals surface area (Å²) in [5, 5.41) is 3.84. The number of fused-ring (bicyclic) bond motifs is 3. The van der Waals surface area contributed by atoms with Crippen LogP contribution in [0, 0.1) is 46.8 Å². The van der Waals surface area contributed by atoms with E-state index in [0.717, 1.165) is 41.6 Å². The lowest BCUT2D eigenvalue weighted by Crippen LogP contribution is -2.46. The standard InChI is InChI=1S/C22H33NO/c1-11(19-15-6-5-14-7-13(8-15)9-16(14)19)23-12(2)20-18(24)10-17-21(20)22(17,3)4/h11,13-17,19,21,23H,5-10H2,1-4H3/b20-12+/t11-,13+,14-,15+,16-,17-,19+,21-/m1/s1. The van der Waals surface area contributed by atoms with E-state index in [2.05, 4.69) is 33.0 Å². The Labute approximate surface area is 146 Å². The van der Waals surface area contributed by atoms with Gasteiger partial charge in [0.2, 0.25) is 0 Å². The molecule has 5 rings (SSSR count). The Bertz CT molecular complexity index is 617. The minimum atomic E-state index is 0.359. The average Bonchev–Trinajstić information content (AvgIpc) is 2.80. The van der Waals surface area contributed by atoms with Crippen LogP contribution in [-0.4, -0.2) is 11.8 Å². The maximum Gasteiger partial charge on any atom is 0.161 e. The quantitative estimate of drug-likeness (QED) is 0.770. The molecule has 0 spiro atoms. The first-order valence-electron chi connectivity index (χ1n) is 10.4. The van der Waals surface area contributed by atoms with Gasteiger partial charge in [-0.15, -0.1) is 0 Å². The van der Waals surface area contributed by atoms with E-state index in [9.17, 15) is 4.79 Å². The van der Waals surface area contributed by atoms with Crippen LogP contribution in [0.3, 0.4) is 0 Å². The Morgan fingerprint density at radius 1 is 1.17 bits per heavy atom. The summed E-state index contributed by atoms with van der Waals surface area (Å²) in [4.78, 5) is 12.5. The molecule has 24 heavy (non-hydrogen) atoms. The van der Waals surface area contributed by atoms with Crippen molar-refractivity contribution in [3.63, 3.8) is 0 Å². The summed E-state index contributed by atoms with van der Waals surface area (Å²) in [5.74, 6) is 6.38. The van der Waals surface area contributed by atoms with Gasteiger partial charge in [-0.05, 0) is 92.8 Å². The van der Waals surface area contributed by atoms with Crippen molar-refractivity contribution in [1.29, 1.82) is 0 Å². The lowest BCUT2D eigenvalue weighted by Gasteiger charge is -2.46. The van der Waals surface area contributed by atoms with Gasteiger partial charge >= 0.3 is 0 Å². The van der Waals surface area contributed by atoms with Crippen LogP contribution in [0.25, 0.3) is 0 Å². The fourth-order valence-electron chi connectivity index (χ4n) is 7.86. The van der Waals surface area contributed by atoms with Gasteiger partial charge in [-0.2, -0.15) is 0 Å². The Morgan fingerprint density at radius 2 is 1.88 bits per heavy atom. The van der Waals surface area contributed by atoms with E-state index in [1.54, 1.807) is 0 Å². The lowest BCUT2D eigenvalue weighted by atomic mass is 9.62. The molecule has 5 fully saturated rings. The number of Topliss-reactive ketones (excluding diaryl/α,β-unsaturated/α-hetero) is 1. The Morgan fingerprint density at radius 3 is 2.62 bits per heavy atom. The number of ketones is 1. The van der Waals surface area contributed by atoms with E-state index in [0.29, 0.717) is 29.1 Å². The van der Waals surface area contributed by atoms with Crippen molar-refractivity contribution in [1.82, 2.24) is 5.32 Å². The van der Waals surface area contributed by atoms with Crippen LogP contribution < -0.4 is 5.32 Å². The number of allylic oxidation sites excluding steroid dienone is 2. The van der Waals surface area contributed by atoms with Crippen molar-refractivity contribution in [2.24, 2.45) is 46.8 Å². The van der Waals surface area contributed by atoms with Gasteiger partial charge in [-0.3, -0.25) is 4.79 Å². The lowest BCUT2D eigenvalue weighted by molar-refractivity contribution is -0.115. The maximum absolute atomic E-state index is 12.5. The molecule has 132 valence electrons. The van der Waals surface area contributed by atoms with Crippen LogP contribution in [0.15, 0.2) is 11.3 Å². The molecule has 0 heterocycles. The molecule has 0 amide bonds. The van der Waals surface area contributed by atoms with Crippen LogP contribution in [0.2, 0.25) is 0 Å². The summed E-state index contributed by atoms with van der Waals surface area (Å²) in [7, 11) is 0. The third-order valence-electron chi connectivity index (χ3n) is 8.92. The van der Waals surface area contributed by atoms with Crippen LogP contribution in [0.4, 0.5) is 0 Å². The summed E-state index contributed by atoms with van der Waals surface area (Å²) in [5.41, 5.74) is 2.72. The number of carbonyl (C=O) groups excluding carboxylic acids is 1. The topological polar surface area (TPSA) is 29.1 Å². The molecule has 0 aliphatic heterocycles. The third-order valence-corrected chi connectivity index (χ3v) is 8.92. The smallest absolute Gasteiger partial charge is 0.161 e. The largest absolute Gasteiger partial charge is 0.385 e. The van der Waals surface area contributed by atoms with Crippen molar-refractivity contribution in [2.75, 3.05) is 0 Å². The summed E-state index contributed by atoms with van der Waals surface area (Å²) >= 11 is 0. The Hall–Kier alpha value is -0.790. The molecular weight excluding hydrogens is 294 g/mol. The first-order chi connectivity index (χ1) is 11.4. The zero-order chi connectivity index (χ0) is 16.8. The molecule has 3 bridgehead atoms. The van der Waals surface area contributed by atoms with Gasteiger partial charge in [0.15, 0.2) is 5.78 Å². The zero-order valence-corrected chi connectivity index (χ0v) is 15.8. The molecule has 0 saturated heterocycles. The molecule has 0 aromatic rings. The number of nitrogens with one attached hydrogen (secondary N) is 1. The second-order valence-corrected chi connectivity index (χ2v) is 10.4. The summed E-state index contributed by atoms with van der Waals surface area (Å²) in [6.07, 6.45) is 8.23. The minimum Gasteiger partial charge on any atom is -0.385 e. The number of hydrogen-bond donors (Lipinski definition) is 1. The van der Waals surface area contributed by atoms with Gasteiger partial charge in [0.1, 0.15) is 0 Å². The zero-order valence-electron chi connectivity index (χ0n) is 15.8. The van der Waals surface area contributed by atoms with Gasteiger partial charge in [0.25, 0.3) is 0 Å². The second-order valence-electron chi connectivity index (χ2n) is 10.4. The highest BCUT2D eigenvalue weighted by molar-refractivity contribution is 6.01. The highest BCUT2D eigenvalue weighted by Crippen LogP contribution is 2.68. The van der Waals surface area contributed by atoms with E-state index in [4.69, 9.17) is 0 Å². The molecular formula is C22H33NO. The molecule has 2 nitrogen and oxygen atoms in total. The monoisotopic (exact) mass is 327 g/mol. The Balaban J connectivity index is 1.36. The maximum atomic E-state index is 12.5. The molecule has 0 aromatic heterocycles. The van der Waals surface area contributed by atoms with Crippen LogP contribution in [0.5, 0.6) is 0 Å². The van der Waals surface area contributed by atoms with Crippen molar-refractivity contribution >= 4 is 5.78 Å². The van der Waals surface area contributed by atoms with Crippen LogP contribution in [0.1, 0.15) is 66.2 Å². The van der Waals surface area contributed by atoms with Gasteiger partial charge < -0.3 is 5.32 Å². The third kappa shape index (κ3) is 1.98. The summed E-state index contributed by atoms with van der Waals surface area (Å²) in [6.45, 7) is 9.26. The van der Waals surface area contributed by atoms with Crippen LogP contribution >= 0.6 is 0 Å². The summed E-state index contributed by atoms with van der Waals surface area (Å²) in [6, 6.07) is 0.531. The predicted molar refractivity (Wildman–Crippen MR) is 96.2 cm³/mol. The summed E-state index contributed by atoms with van der Waals surface area (Å²) < 4.78 is 0. The number of carbonyl (C=O) groups is 1. The first-order valence-corrected chi connectivity index (χ1v) is 10.4. The highest BCUT2D eigenvalue weighted by atomic mass is 16.1. The minimum absolute atomic E-state index is 0.359. The van der Waals surface area contributed by atoms with E-state index in [1.165, 1.54) is 37.8 Å². The van der Waals surface area contributed by atoms with Crippen molar-refractivity contribution < 1.29 is 4.79 Å². The van der Waals surface area contributed by atoms with E-state index >= 15 is 0 Å². The molecule has 1 N–H and O–H groups in total. The Kier molecular flexibility index (Phi) is 3.15. The average molecular weight is 328 g/mol. The van der Waals surface area contributed by atoms with Crippen molar-refractivity contribution in [3.05, 3.63) is 11.3 Å². The highest BCUT2D eigenvalue weighted by Gasteiger charge is 2.65.